The van der Waals surface area contributed by atoms with Gasteiger partial charge < -0.3 is 4.90 Å². The van der Waals surface area contributed by atoms with Gasteiger partial charge in [0, 0.05) is 56.8 Å². The van der Waals surface area contributed by atoms with Crippen LogP contribution >= 0.6 is 0 Å². The topological polar surface area (TPSA) is 69.5 Å². The van der Waals surface area contributed by atoms with Crippen LogP contribution in [-0.4, -0.2) is 54.5 Å². The summed E-state index contributed by atoms with van der Waals surface area (Å²) in [5, 5.41) is 7.80. The highest BCUT2D eigenvalue weighted by molar-refractivity contribution is 5.41. The zero-order valence-electron chi connectivity index (χ0n) is 14.6. The minimum absolute atomic E-state index is 0.171. The van der Waals surface area contributed by atoms with Gasteiger partial charge in [-0.25, -0.2) is 18.8 Å². The van der Waals surface area contributed by atoms with E-state index in [1.165, 1.54) is 12.1 Å². The summed E-state index contributed by atoms with van der Waals surface area (Å²) in [6.07, 6.45) is 0. The first-order chi connectivity index (χ1) is 12.6. The maximum absolute atomic E-state index is 14.2. The third kappa shape index (κ3) is 3.42. The van der Waals surface area contributed by atoms with E-state index < -0.39 is 11.6 Å². The molecule has 2 N–H and O–H groups in total. The normalized spacial score (nSPS) is 24.3. The first kappa shape index (κ1) is 17.3. The van der Waals surface area contributed by atoms with Crippen molar-refractivity contribution >= 4 is 5.82 Å². The zero-order valence-corrected chi connectivity index (χ0v) is 14.6. The molecule has 0 aliphatic carbocycles. The summed E-state index contributed by atoms with van der Waals surface area (Å²) < 4.78 is 32.1. The Labute approximate surface area is 150 Å². The van der Waals surface area contributed by atoms with E-state index in [1.807, 2.05) is 6.92 Å². The highest BCUT2D eigenvalue weighted by Gasteiger charge is 2.32. The predicted molar refractivity (Wildman–Crippen MR) is 91.4 cm³/mol. The van der Waals surface area contributed by atoms with Crippen molar-refractivity contribution in [2.24, 2.45) is 5.92 Å². The Hall–Kier alpha value is -2.10. The van der Waals surface area contributed by atoms with Crippen molar-refractivity contribution in [3.05, 3.63) is 41.1 Å². The maximum Gasteiger partial charge on any atom is 0.196 e. The molecule has 2 atom stereocenters. The molecule has 4 rings (SSSR count). The minimum atomic E-state index is -0.553. The molecule has 0 saturated carbocycles. The SMILES string of the molecule is Cc1nonc1N1CCN(CC2CNNC2c2ccc(F)cc2F)CC1. The lowest BCUT2D eigenvalue weighted by Gasteiger charge is -2.36. The number of rotatable bonds is 4. The summed E-state index contributed by atoms with van der Waals surface area (Å²) >= 11 is 0. The monoisotopic (exact) mass is 364 g/mol. The quantitative estimate of drug-likeness (QED) is 0.846. The highest BCUT2D eigenvalue weighted by atomic mass is 19.1. The molecule has 3 heterocycles. The van der Waals surface area contributed by atoms with Gasteiger partial charge in [-0.3, -0.25) is 10.3 Å². The van der Waals surface area contributed by atoms with Gasteiger partial charge in [0.25, 0.3) is 0 Å². The molecule has 0 amide bonds. The summed E-state index contributed by atoms with van der Waals surface area (Å²) in [6.45, 7) is 6.94. The van der Waals surface area contributed by atoms with Crippen LogP contribution in [0.15, 0.2) is 22.8 Å². The van der Waals surface area contributed by atoms with Crippen LogP contribution in [0, 0.1) is 24.5 Å². The van der Waals surface area contributed by atoms with E-state index in [0.29, 0.717) is 5.56 Å². The number of hydrazine groups is 1. The van der Waals surface area contributed by atoms with Crippen molar-refractivity contribution in [3.63, 3.8) is 0 Å². The van der Waals surface area contributed by atoms with Gasteiger partial charge in [-0.1, -0.05) is 11.2 Å². The summed E-state index contributed by atoms with van der Waals surface area (Å²) in [7, 11) is 0. The van der Waals surface area contributed by atoms with Crippen molar-refractivity contribution in [2.75, 3.05) is 44.2 Å². The van der Waals surface area contributed by atoms with Crippen LogP contribution in [-0.2, 0) is 0 Å². The fraction of sp³-hybridized carbons (Fsp3) is 0.529. The van der Waals surface area contributed by atoms with Crippen molar-refractivity contribution in [2.45, 2.75) is 13.0 Å². The molecule has 2 aromatic rings. The van der Waals surface area contributed by atoms with Gasteiger partial charge in [-0.2, -0.15) is 0 Å². The van der Waals surface area contributed by atoms with Crippen LogP contribution in [0.5, 0.6) is 0 Å². The Balaban J connectivity index is 1.37. The third-order valence-corrected chi connectivity index (χ3v) is 5.18. The van der Waals surface area contributed by atoms with Gasteiger partial charge in [0.1, 0.15) is 17.3 Å². The average Bonchev–Trinajstić information content (AvgIpc) is 3.25. The minimum Gasteiger partial charge on any atom is -0.350 e. The fourth-order valence-electron chi connectivity index (χ4n) is 3.78. The van der Waals surface area contributed by atoms with Gasteiger partial charge in [-0.05, 0) is 18.1 Å². The molecule has 7 nitrogen and oxygen atoms in total. The van der Waals surface area contributed by atoms with Gasteiger partial charge in [-0.15, -0.1) is 0 Å². The Bertz CT molecular complexity index is 761. The molecule has 0 bridgehead atoms. The van der Waals surface area contributed by atoms with E-state index in [0.717, 1.165) is 56.8 Å². The molecule has 0 radical (unpaired) electrons. The molecule has 2 fully saturated rings. The first-order valence-electron chi connectivity index (χ1n) is 8.81. The standard InChI is InChI=1S/C17H22F2N6O/c1-11-17(23-26-22-11)25-6-4-24(5-7-25)10-12-9-20-21-16(12)14-3-2-13(18)8-15(14)19/h2-3,8,12,16,20-21H,4-7,9-10H2,1H3. The van der Waals surface area contributed by atoms with Crippen LogP contribution in [0.3, 0.4) is 0 Å². The van der Waals surface area contributed by atoms with Crippen molar-refractivity contribution in [1.82, 2.24) is 26.1 Å². The maximum atomic E-state index is 14.2. The smallest absolute Gasteiger partial charge is 0.196 e. The molecule has 1 aromatic carbocycles. The average molecular weight is 364 g/mol. The second-order valence-electron chi connectivity index (χ2n) is 6.89. The predicted octanol–water partition coefficient (Wildman–Crippen LogP) is 1.24. The van der Waals surface area contributed by atoms with E-state index >= 15 is 0 Å². The van der Waals surface area contributed by atoms with Gasteiger partial charge in [0.05, 0.1) is 6.04 Å². The zero-order chi connectivity index (χ0) is 18.1. The largest absolute Gasteiger partial charge is 0.350 e. The molecule has 2 aliphatic heterocycles. The summed E-state index contributed by atoms with van der Waals surface area (Å²) in [5.74, 6) is -0.0467. The van der Waals surface area contributed by atoms with Crippen LogP contribution in [0.2, 0.25) is 0 Å². The third-order valence-electron chi connectivity index (χ3n) is 5.18. The highest BCUT2D eigenvalue weighted by Crippen LogP contribution is 2.28. The second-order valence-corrected chi connectivity index (χ2v) is 6.89. The number of aryl methyl sites for hydroxylation is 1. The number of hydrogen-bond acceptors (Lipinski definition) is 7. The summed E-state index contributed by atoms with van der Waals surface area (Å²) in [4.78, 5) is 4.54. The number of benzene rings is 1. The lowest BCUT2D eigenvalue weighted by Crippen LogP contribution is -2.48. The van der Waals surface area contributed by atoms with Crippen LogP contribution < -0.4 is 15.8 Å². The Morgan fingerprint density at radius 1 is 1.19 bits per heavy atom. The molecule has 0 spiro atoms. The summed E-state index contributed by atoms with van der Waals surface area (Å²) in [6, 6.07) is 3.61. The van der Waals surface area contributed by atoms with Crippen molar-refractivity contribution in [1.29, 1.82) is 0 Å². The second kappa shape index (κ2) is 7.26. The van der Waals surface area contributed by atoms with Gasteiger partial charge in [0.2, 0.25) is 0 Å². The lowest BCUT2D eigenvalue weighted by molar-refractivity contribution is 0.212. The number of anilines is 1. The molecular weight excluding hydrogens is 342 g/mol. The number of aromatic nitrogens is 2. The Kier molecular flexibility index (Phi) is 4.84. The van der Waals surface area contributed by atoms with E-state index in [-0.39, 0.29) is 12.0 Å². The molecule has 2 unspecified atom stereocenters. The van der Waals surface area contributed by atoms with E-state index in [2.05, 4.69) is 31.0 Å². The molecular formula is C17H22F2N6O. The fourth-order valence-corrected chi connectivity index (χ4v) is 3.78. The molecule has 26 heavy (non-hydrogen) atoms. The number of nitrogens with zero attached hydrogens (tertiary/aromatic N) is 4. The van der Waals surface area contributed by atoms with Crippen molar-refractivity contribution in [3.8, 4) is 0 Å². The number of piperazine rings is 1. The van der Waals surface area contributed by atoms with E-state index in [4.69, 9.17) is 4.63 Å². The van der Waals surface area contributed by atoms with Gasteiger partial charge >= 0.3 is 0 Å². The number of halogens is 2. The number of nitrogens with one attached hydrogen (secondary N) is 2. The molecule has 2 saturated heterocycles. The van der Waals surface area contributed by atoms with Crippen LogP contribution in [0.1, 0.15) is 17.3 Å². The van der Waals surface area contributed by atoms with Gasteiger partial charge in [0.15, 0.2) is 5.82 Å². The van der Waals surface area contributed by atoms with Crippen molar-refractivity contribution < 1.29 is 13.4 Å². The Morgan fingerprint density at radius 2 is 2.00 bits per heavy atom. The first-order valence-corrected chi connectivity index (χ1v) is 8.81. The van der Waals surface area contributed by atoms with Crippen LogP contribution in [0.25, 0.3) is 0 Å². The lowest BCUT2D eigenvalue weighted by atomic mass is 9.93. The molecule has 2 aliphatic rings. The molecule has 9 heteroatoms. The van der Waals surface area contributed by atoms with Crippen LogP contribution in [0.4, 0.5) is 14.6 Å². The molecule has 1 aromatic heterocycles. The van der Waals surface area contributed by atoms with E-state index in [9.17, 15) is 8.78 Å². The van der Waals surface area contributed by atoms with E-state index in [1.54, 1.807) is 0 Å². The Morgan fingerprint density at radius 3 is 2.69 bits per heavy atom. The number of hydrogen-bond donors (Lipinski definition) is 2. The summed E-state index contributed by atoms with van der Waals surface area (Å²) in [5.41, 5.74) is 7.55. The molecule has 140 valence electrons.